The Labute approximate surface area is 254 Å². The molecule has 0 N–H and O–H groups in total. The molecule has 0 bridgehead atoms. The highest BCUT2D eigenvalue weighted by atomic mass is 16.4. The second kappa shape index (κ2) is 12.5. The number of hydrogen-bond donors (Lipinski definition) is 0. The van der Waals surface area contributed by atoms with Gasteiger partial charge in [0, 0.05) is 28.2 Å². The molecule has 5 aromatic carbocycles. The van der Waals surface area contributed by atoms with Crippen molar-refractivity contribution in [2.24, 2.45) is 0 Å². The van der Waals surface area contributed by atoms with Crippen LogP contribution in [0.1, 0.15) is 43.9 Å². The van der Waals surface area contributed by atoms with Crippen molar-refractivity contribution in [2.45, 2.75) is 45.4 Å². The zero-order valence-electron chi connectivity index (χ0n) is 25.1. The lowest BCUT2D eigenvalue weighted by Gasteiger charge is -2.25. The van der Waals surface area contributed by atoms with E-state index in [1.165, 1.54) is 16.7 Å². The summed E-state index contributed by atoms with van der Waals surface area (Å²) in [6, 6.07) is 46.8. The average molecular weight is 564 g/mol. The highest BCUT2D eigenvalue weighted by molar-refractivity contribution is 5.76. The van der Waals surface area contributed by atoms with Crippen molar-refractivity contribution in [1.29, 1.82) is 0 Å². The first-order valence-corrected chi connectivity index (χ1v) is 15.0. The van der Waals surface area contributed by atoms with Crippen molar-refractivity contribution in [3.8, 4) is 22.9 Å². The van der Waals surface area contributed by atoms with Gasteiger partial charge in [-0.15, -0.1) is 10.2 Å². The van der Waals surface area contributed by atoms with E-state index < -0.39 is 0 Å². The molecule has 0 atom stereocenters. The molecule has 0 unspecified atom stereocenters. The molecule has 0 amide bonds. The lowest BCUT2D eigenvalue weighted by atomic mass is 9.87. The predicted molar refractivity (Wildman–Crippen MR) is 177 cm³/mol. The fourth-order valence-electron chi connectivity index (χ4n) is 5.34. The van der Waals surface area contributed by atoms with E-state index in [0.29, 0.717) is 11.8 Å². The second-order valence-electron chi connectivity index (χ2n) is 12.0. The van der Waals surface area contributed by atoms with Gasteiger partial charge in [0.1, 0.15) is 0 Å². The smallest absolute Gasteiger partial charge is 0.248 e. The fraction of sp³-hybridized carbons (Fsp3) is 0.179. The maximum atomic E-state index is 6.08. The number of anilines is 3. The summed E-state index contributed by atoms with van der Waals surface area (Å²) in [6.45, 7) is 6.63. The highest BCUT2D eigenvalue weighted by Gasteiger charge is 2.16. The van der Waals surface area contributed by atoms with E-state index >= 15 is 0 Å². The standard InChI is InChI=1S/C39H37N3O/c1-39(2,3)33-24-22-31(23-25-33)37-40-41-38(43-37)32-15-11-14-30(28-32)13-10-12-29-20-26-36(27-21-29)42(34-16-6-4-7-17-34)35-18-8-5-9-19-35/h4-9,11,14-28H,10,12-13H2,1-3H3. The van der Waals surface area contributed by atoms with Crippen molar-refractivity contribution < 1.29 is 4.42 Å². The Morgan fingerprint density at radius 2 is 1.09 bits per heavy atom. The Kier molecular flexibility index (Phi) is 8.19. The lowest BCUT2D eigenvalue weighted by molar-refractivity contribution is 0.582. The SMILES string of the molecule is CC(C)(C)c1ccc(-c2nnc(-c3cccc(CCCc4ccc(N(c5ccccc5)c5ccccc5)cc4)c3)o2)cc1. The van der Waals surface area contributed by atoms with Gasteiger partial charge in [0.2, 0.25) is 11.8 Å². The van der Waals surface area contributed by atoms with Crippen LogP contribution >= 0.6 is 0 Å². The summed E-state index contributed by atoms with van der Waals surface area (Å²) in [5.74, 6) is 1.09. The number of hydrogen-bond acceptors (Lipinski definition) is 4. The summed E-state index contributed by atoms with van der Waals surface area (Å²) >= 11 is 0. The predicted octanol–water partition coefficient (Wildman–Crippen LogP) is 10.3. The normalized spacial score (nSPS) is 11.4. The van der Waals surface area contributed by atoms with Gasteiger partial charge in [-0.2, -0.15) is 0 Å². The Balaban J connectivity index is 1.10. The topological polar surface area (TPSA) is 42.2 Å². The molecule has 0 fully saturated rings. The van der Waals surface area contributed by atoms with Gasteiger partial charge < -0.3 is 9.32 Å². The van der Waals surface area contributed by atoms with Crippen LogP contribution in [0.3, 0.4) is 0 Å². The number of aromatic nitrogens is 2. The summed E-state index contributed by atoms with van der Waals surface area (Å²) in [5, 5.41) is 8.67. The number of rotatable bonds is 9. The molecule has 0 aliphatic rings. The molecular formula is C39H37N3O. The molecule has 6 rings (SSSR count). The van der Waals surface area contributed by atoms with Crippen molar-refractivity contribution in [3.63, 3.8) is 0 Å². The number of nitrogens with zero attached hydrogens (tertiary/aromatic N) is 3. The van der Waals surface area contributed by atoms with E-state index in [9.17, 15) is 0 Å². The molecule has 6 aromatic rings. The van der Waals surface area contributed by atoms with Gasteiger partial charge >= 0.3 is 0 Å². The van der Waals surface area contributed by atoms with Crippen LogP contribution in [0.15, 0.2) is 138 Å². The van der Waals surface area contributed by atoms with Crippen LogP contribution in [0, 0.1) is 0 Å². The Morgan fingerprint density at radius 3 is 1.70 bits per heavy atom. The summed E-state index contributed by atoms with van der Waals surface area (Å²) in [5.41, 5.74) is 9.32. The van der Waals surface area contributed by atoms with E-state index in [0.717, 1.165) is 47.5 Å². The molecule has 4 nitrogen and oxygen atoms in total. The van der Waals surface area contributed by atoms with Crippen LogP contribution in [0.5, 0.6) is 0 Å². The number of aryl methyl sites for hydroxylation is 2. The Morgan fingerprint density at radius 1 is 0.535 bits per heavy atom. The quantitative estimate of drug-likeness (QED) is 0.175. The molecule has 1 aromatic heterocycles. The Hall–Kier alpha value is -4.96. The molecule has 0 saturated carbocycles. The van der Waals surface area contributed by atoms with Gasteiger partial charge in [-0.25, -0.2) is 0 Å². The molecule has 0 aliphatic carbocycles. The number of para-hydroxylation sites is 2. The van der Waals surface area contributed by atoms with Crippen molar-refractivity contribution in [3.05, 3.63) is 150 Å². The third-order valence-electron chi connectivity index (χ3n) is 7.75. The maximum Gasteiger partial charge on any atom is 0.248 e. The largest absolute Gasteiger partial charge is 0.416 e. The molecule has 214 valence electrons. The van der Waals surface area contributed by atoms with Gasteiger partial charge in [0.25, 0.3) is 0 Å². The zero-order valence-corrected chi connectivity index (χ0v) is 25.1. The van der Waals surface area contributed by atoms with Crippen LogP contribution in [0.4, 0.5) is 17.1 Å². The Bertz CT molecular complexity index is 1710. The van der Waals surface area contributed by atoms with Gasteiger partial charge in [-0.1, -0.05) is 93.6 Å². The average Bonchev–Trinajstić information content (AvgIpc) is 3.54. The lowest BCUT2D eigenvalue weighted by Crippen LogP contribution is -2.10. The number of benzene rings is 5. The van der Waals surface area contributed by atoms with E-state index in [1.54, 1.807) is 0 Å². The van der Waals surface area contributed by atoms with Crippen LogP contribution < -0.4 is 4.90 Å². The summed E-state index contributed by atoms with van der Waals surface area (Å²) in [6.07, 6.45) is 3.04. The van der Waals surface area contributed by atoms with Gasteiger partial charge in [0.05, 0.1) is 0 Å². The molecule has 1 heterocycles. The minimum Gasteiger partial charge on any atom is -0.416 e. The molecule has 0 aliphatic heterocycles. The third kappa shape index (κ3) is 6.76. The molecule has 43 heavy (non-hydrogen) atoms. The molecular weight excluding hydrogens is 526 g/mol. The van der Waals surface area contributed by atoms with E-state index in [2.05, 4.69) is 163 Å². The third-order valence-corrected chi connectivity index (χ3v) is 7.75. The van der Waals surface area contributed by atoms with Gasteiger partial charge in [0.15, 0.2) is 0 Å². The first kappa shape index (κ1) is 28.2. The second-order valence-corrected chi connectivity index (χ2v) is 12.0. The van der Waals surface area contributed by atoms with Crippen LogP contribution in [-0.2, 0) is 18.3 Å². The van der Waals surface area contributed by atoms with Gasteiger partial charge in [-0.05, 0) is 102 Å². The first-order chi connectivity index (χ1) is 20.9. The molecule has 4 heteroatoms. The van der Waals surface area contributed by atoms with Gasteiger partial charge in [-0.3, -0.25) is 0 Å². The van der Waals surface area contributed by atoms with Crippen LogP contribution in [-0.4, -0.2) is 10.2 Å². The van der Waals surface area contributed by atoms with E-state index in [4.69, 9.17) is 4.42 Å². The van der Waals surface area contributed by atoms with Crippen LogP contribution in [0.2, 0.25) is 0 Å². The summed E-state index contributed by atoms with van der Waals surface area (Å²) < 4.78 is 6.08. The van der Waals surface area contributed by atoms with E-state index in [-0.39, 0.29) is 5.41 Å². The molecule has 0 saturated heterocycles. The van der Waals surface area contributed by atoms with Crippen LogP contribution in [0.25, 0.3) is 22.9 Å². The minimum atomic E-state index is 0.106. The highest BCUT2D eigenvalue weighted by Crippen LogP contribution is 2.34. The fourth-order valence-corrected chi connectivity index (χ4v) is 5.34. The van der Waals surface area contributed by atoms with Crippen molar-refractivity contribution >= 4 is 17.1 Å². The summed E-state index contributed by atoms with van der Waals surface area (Å²) in [4.78, 5) is 2.29. The minimum absolute atomic E-state index is 0.106. The monoisotopic (exact) mass is 563 g/mol. The molecule has 0 radical (unpaired) electrons. The van der Waals surface area contributed by atoms with Crippen molar-refractivity contribution in [2.75, 3.05) is 4.90 Å². The first-order valence-electron chi connectivity index (χ1n) is 15.0. The zero-order chi connectivity index (χ0) is 29.6. The van der Waals surface area contributed by atoms with Crippen molar-refractivity contribution in [1.82, 2.24) is 10.2 Å². The molecule has 0 spiro atoms. The maximum absolute atomic E-state index is 6.08. The van der Waals surface area contributed by atoms with E-state index in [1.807, 2.05) is 6.07 Å². The summed E-state index contributed by atoms with van der Waals surface area (Å²) in [7, 11) is 0.